The molecule has 0 heterocycles. The molecule has 8 nitrogen and oxygen atoms in total. The first-order valence-corrected chi connectivity index (χ1v) is 16.3. The van der Waals surface area contributed by atoms with Gasteiger partial charge in [-0.25, -0.2) is 8.42 Å². The number of amides is 2. The van der Waals surface area contributed by atoms with Gasteiger partial charge in [-0.15, -0.1) is 0 Å². The largest absolute Gasteiger partial charge is 0.495 e. The molecule has 0 bridgehead atoms. The third-order valence-electron chi connectivity index (χ3n) is 6.64. The summed E-state index contributed by atoms with van der Waals surface area (Å²) in [5.74, 6) is -0.100. The van der Waals surface area contributed by atoms with E-state index in [2.05, 4.69) is 5.32 Å². The van der Waals surface area contributed by atoms with Crippen LogP contribution in [0, 0.1) is 0 Å². The van der Waals surface area contributed by atoms with E-state index < -0.39 is 16.1 Å². The van der Waals surface area contributed by atoms with E-state index in [1.54, 1.807) is 35.2 Å². The highest BCUT2D eigenvalue weighted by Gasteiger charge is 2.30. The summed E-state index contributed by atoms with van der Waals surface area (Å²) in [4.78, 5) is 28.9. The number of nitrogens with one attached hydrogen (secondary N) is 1. The number of hydrogen-bond donors (Lipinski definition) is 1. The molecule has 0 radical (unpaired) electrons. The average molecular weight is 635 g/mol. The number of nitrogens with zero attached hydrogens (tertiary/aromatic N) is 2. The van der Waals surface area contributed by atoms with Crippen LogP contribution in [0.4, 0.5) is 5.69 Å². The number of carbonyl (C=O) groups excluding carboxylic acids is 2. The molecule has 2 amide bonds. The summed E-state index contributed by atoms with van der Waals surface area (Å²) in [6.45, 7) is 2.66. The van der Waals surface area contributed by atoms with Gasteiger partial charge in [0.15, 0.2) is 0 Å². The predicted octanol–water partition coefficient (Wildman–Crippen LogP) is 5.71. The first-order chi connectivity index (χ1) is 20.0. The van der Waals surface area contributed by atoms with E-state index in [9.17, 15) is 18.0 Å². The molecule has 3 aromatic carbocycles. The molecule has 226 valence electrons. The highest BCUT2D eigenvalue weighted by Crippen LogP contribution is 2.30. The zero-order valence-corrected chi connectivity index (χ0v) is 26.4. The molecule has 11 heteroatoms. The van der Waals surface area contributed by atoms with Gasteiger partial charge < -0.3 is 15.0 Å². The first kappa shape index (κ1) is 33.2. The minimum absolute atomic E-state index is 0.0167. The molecule has 42 heavy (non-hydrogen) atoms. The third kappa shape index (κ3) is 9.64. The van der Waals surface area contributed by atoms with Crippen LogP contribution in [0.25, 0.3) is 0 Å². The van der Waals surface area contributed by atoms with Gasteiger partial charge in [-0.1, -0.05) is 72.6 Å². The van der Waals surface area contributed by atoms with Crippen molar-refractivity contribution in [1.82, 2.24) is 10.2 Å². The van der Waals surface area contributed by atoms with Gasteiger partial charge in [0, 0.05) is 37.5 Å². The van der Waals surface area contributed by atoms with Crippen molar-refractivity contribution >= 4 is 50.7 Å². The average Bonchev–Trinajstić information content (AvgIpc) is 2.95. The number of ether oxygens (including phenoxy) is 1. The van der Waals surface area contributed by atoms with E-state index in [-0.39, 0.29) is 42.8 Å². The number of methoxy groups -OCH3 is 1. The zero-order valence-electron chi connectivity index (χ0n) is 24.1. The van der Waals surface area contributed by atoms with Crippen LogP contribution in [-0.4, -0.2) is 57.6 Å². The molecule has 0 aliphatic rings. The summed E-state index contributed by atoms with van der Waals surface area (Å²) in [7, 11) is -2.20. The highest BCUT2D eigenvalue weighted by atomic mass is 35.5. The molecule has 1 N–H and O–H groups in total. The van der Waals surface area contributed by atoms with Gasteiger partial charge in [0.2, 0.25) is 21.8 Å². The molecular weight excluding hydrogens is 597 g/mol. The van der Waals surface area contributed by atoms with Gasteiger partial charge in [0.25, 0.3) is 0 Å². The van der Waals surface area contributed by atoms with Gasteiger partial charge in [0.1, 0.15) is 11.8 Å². The number of hydrogen-bond acceptors (Lipinski definition) is 5. The lowest BCUT2D eigenvalue weighted by Crippen LogP contribution is -2.50. The Morgan fingerprint density at radius 2 is 1.69 bits per heavy atom. The van der Waals surface area contributed by atoms with E-state index >= 15 is 0 Å². The van der Waals surface area contributed by atoms with E-state index in [1.807, 2.05) is 43.3 Å². The van der Waals surface area contributed by atoms with E-state index in [0.717, 1.165) is 23.8 Å². The second-order valence-corrected chi connectivity index (χ2v) is 12.7. The summed E-state index contributed by atoms with van der Waals surface area (Å²) in [6.07, 6.45) is 2.41. The van der Waals surface area contributed by atoms with Gasteiger partial charge >= 0.3 is 0 Å². The van der Waals surface area contributed by atoms with Crippen molar-refractivity contribution < 1.29 is 22.7 Å². The fraction of sp³-hybridized carbons (Fsp3) is 0.355. The summed E-state index contributed by atoms with van der Waals surface area (Å²) in [5.41, 5.74) is 2.06. The smallest absolute Gasteiger partial charge is 0.243 e. The van der Waals surface area contributed by atoms with Crippen LogP contribution in [0.15, 0.2) is 72.8 Å². The third-order valence-corrected chi connectivity index (χ3v) is 8.36. The lowest BCUT2D eigenvalue weighted by Gasteiger charge is -2.32. The molecule has 3 rings (SSSR count). The second-order valence-electron chi connectivity index (χ2n) is 9.91. The van der Waals surface area contributed by atoms with Crippen LogP contribution in [0.5, 0.6) is 5.75 Å². The summed E-state index contributed by atoms with van der Waals surface area (Å²) in [5, 5.41) is 3.74. The Morgan fingerprint density at radius 3 is 2.31 bits per heavy atom. The van der Waals surface area contributed by atoms with Crippen LogP contribution >= 0.6 is 23.2 Å². The number of halogens is 2. The standard InChI is InChI=1S/C31H37Cl2N3O5S/c1-4-17-34-31(38)28(20-23-10-6-5-7-11-23)35(22-24-12-8-13-25(32)19-24)30(37)14-9-18-36(42(3,39)40)26-15-16-29(41-2)27(33)21-26/h5-8,10-13,15-16,19,21,28H,4,9,14,17-18,20,22H2,1-3H3,(H,34,38)/t28-/m0/s1. The Bertz CT molecular complexity index is 1450. The highest BCUT2D eigenvalue weighted by molar-refractivity contribution is 7.92. The molecule has 1 atom stereocenters. The summed E-state index contributed by atoms with van der Waals surface area (Å²) in [6, 6.07) is 20.6. The second kappa shape index (κ2) is 15.8. The van der Waals surface area contributed by atoms with Crippen molar-refractivity contribution in [3.05, 3.63) is 94.0 Å². The first-order valence-electron chi connectivity index (χ1n) is 13.7. The van der Waals surface area contributed by atoms with Crippen LogP contribution in [-0.2, 0) is 32.6 Å². The van der Waals surface area contributed by atoms with Gasteiger partial charge in [-0.05, 0) is 54.3 Å². The molecule has 0 saturated heterocycles. The maximum Gasteiger partial charge on any atom is 0.243 e. The molecule has 0 fully saturated rings. The van der Waals surface area contributed by atoms with Gasteiger partial charge in [0.05, 0.1) is 24.1 Å². The van der Waals surface area contributed by atoms with Crippen molar-refractivity contribution in [3.8, 4) is 5.75 Å². The molecule has 0 aliphatic carbocycles. The van der Waals surface area contributed by atoms with Crippen LogP contribution < -0.4 is 14.4 Å². The summed E-state index contributed by atoms with van der Waals surface area (Å²) >= 11 is 12.5. The molecule has 0 saturated carbocycles. The quantitative estimate of drug-likeness (QED) is 0.231. The fourth-order valence-corrected chi connectivity index (χ4v) is 5.99. The van der Waals surface area contributed by atoms with Crippen molar-refractivity contribution in [2.45, 2.75) is 45.2 Å². The van der Waals surface area contributed by atoms with Crippen molar-refractivity contribution in [3.63, 3.8) is 0 Å². The van der Waals surface area contributed by atoms with E-state index in [4.69, 9.17) is 27.9 Å². The monoisotopic (exact) mass is 633 g/mol. The van der Waals surface area contributed by atoms with Crippen LogP contribution in [0.2, 0.25) is 10.0 Å². The minimum atomic E-state index is -3.68. The predicted molar refractivity (Wildman–Crippen MR) is 169 cm³/mol. The Labute approximate surface area is 258 Å². The lowest BCUT2D eigenvalue weighted by molar-refractivity contribution is -0.141. The minimum Gasteiger partial charge on any atom is -0.495 e. The molecule has 0 unspecified atom stereocenters. The number of anilines is 1. The Morgan fingerprint density at radius 1 is 0.976 bits per heavy atom. The normalized spacial score (nSPS) is 11.9. The van der Waals surface area contributed by atoms with Crippen molar-refractivity contribution in [2.75, 3.05) is 30.8 Å². The number of sulfonamides is 1. The lowest BCUT2D eigenvalue weighted by atomic mass is 10.0. The number of carbonyl (C=O) groups is 2. The Balaban J connectivity index is 1.87. The molecule has 0 aromatic heterocycles. The maximum atomic E-state index is 13.9. The van der Waals surface area contributed by atoms with Crippen molar-refractivity contribution in [1.29, 1.82) is 0 Å². The fourth-order valence-electron chi connectivity index (χ4n) is 4.57. The SMILES string of the molecule is CCCNC(=O)[C@H](Cc1ccccc1)N(Cc1cccc(Cl)c1)C(=O)CCCN(c1ccc(OC)c(Cl)c1)S(C)(=O)=O. The van der Waals surface area contributed by atoms with Gasteiger partial charge in [-0.2, -0.15) is 0 Å². The maximum absolute atomic E-state index is 13.9. The molecule has 3 aromatic rings. The van der Waals surface area contributed by atoms with Crippen molar-refractivity contribution in [2.24, 2.45) is 0 Å². The number of benzene rings is 3. The van der Waals surface area contributed by atoms with E-state index in [1.165, 1.54) is 17.5 Å². The molecule has 0 spiro atoms. The topological polar surface area (TPSA) is 96.0 Å². The van der Waals surface area contributed by atoms with Gasteiger partial charge in [-0.3, -0.25) is 13.9 Å². The van der Waals surface area contributed by atoms with Crippen LogP contribution in [0.1, 0.15) is 37.3 Å². The van der Waals surface area contributed by atoms with E-state index in [0.29, 0.717) is 29.4 Å². The molecule has 0 aliphatic heterocycles. The van der Waals surface area contributed by atoms with Crippen LogP contribution in [0.3, 0.4) is 0 Å². The Hall–Kier alpha value is -3.27. The zero-order chi connectivity index (χ0) is 30.7. The molecular formula is C31H37Cl2N3O5S. The Kier molecular flexibility index (Phi) is 12.5. The number of rotatable bonds is 15. The summed E-state index contributed by atoms with van der Waals surface area (Å²) < 4.78 is 31.7.